The van der Waals surface area contributed by atoms with Gasteiger partial charge in [-0.15, -0.1) is 0 Å². The molecule has 1 aromatic heterocycles. The zero-order chi connectivity index (χ0) is 18.0. The number of amides is 1. The van der Waals surface area contributed by atoms with Crippen molar-refractivity contribution < 1.29 is 9.53 Å². The molecule has 130 valence electrons. The van der Waals surface area contributed by atoms with E-state index < -0.39 is 0 Å². The van der Waals surface area contributed by atoms with Gasteiger partial charge in [-0.3, -0.25) is 9.78 Å². The minimum Gasteiger partial charge on any atom is -0.492 e. The van der Waals surface area contributed by atoms with E-state index in [4.69, 9.17) is 10.5 Å². The molecule has 5 heteroatoms. The first-order valence-corrected chi connectivity index (χ1v) is 8.39. The minimum atomic E-state index is 0.0442. The number of nitrogen functional groups attached to an aromatic ring is 1. The van der Waals surface area contributed by atoms with Crippen LogP contribution in [0.4, 0.5) is 5.69 Å². The number of rotatable bonds is 4. The molecule has 0 spiro atoms. The third-order valence-electron chi connectivity index (χ3n) is 4.48. The summed E-state index contributed by atoms with van der Waals surface area (Å²) >= 11 is 0. The molecule has 1 amide bonds. The van der Waals surface area contributed by atoms with Gasteiger partial charge in [-0.2, -0.15) is 0 Å². The molecule has 5 nitrogen and oxygen atoms in total. The number of aromatic nitrogens is 1. The standard InChI is InChI=1S/C20H23N3O2/c1-13(2)17-5-4-12-23(17)20(24)15-8-6-14(7-9-15)18-19(25-3)16(21)10-11-22-18/h4-11,13,17H,12H2,1-3H3,(H2,21,22)/t17-/m0/s1. The van der Waals surface area contributed by atoms with Crippen LogP contribution in [0.15, 0.2) is 48.7 Å². The van der Waals surface area contributed by atoms with Crippen molar-refractivity contribution in [3.8, 4) is 17.0 Å². The lowest BCUT2D eigenvalue weighted by Gasteiger charge is -2.27. The number of nitrogens with zero attached hydrogens (tertiary/aromatic N) is 2. The molecule has 0 radical (unpaired) electrons. The third-order valence-corrected chi connectivity index (χ3v) is 4.48. The Morgan fingerprint density at radius 2 is 2.00 bits per heavy atom. The Bertz CT molecular complexity index is 797. The summed E-state index contributed by atoms with van der Waals surface area (Å²) < 4.78 is 5.36. The summed E-state index contributed by atoms with van der Waals surface area (Å²) in [5.41, 5.74) is 8.68. The summed E-state index contributed by atoms with van der Waals surface area (Å²) in [5.74, 6) is 0.982. The molecular formula is C20H23N3O2. The molecule has 0 saturated heterocycles. The quantitative estimate of drug-likeness (QED) is 0.869. The fraction of sp³-hybridized carbons (Fsp3) is 0.300. The van der Waals surface area contributed by atoms with Gasteiger partial charge in [0.05, 0.1) is 18.8 Å². The molecular weight excluding hydrogens is 314 g/mol. The normalized spacial score (nSPS) is 16.5. The molecule has 2 N–H and O–H groups in total. The number of anilines is 1. The van der Waals surface area contributed by atoms with Gasteiger partial charge < -0.3 is 15.4 Å². The first kappa shape index (κ1) is 17.0. The number of benzene rings is 1. The maximum absolute atomic E-state index is 12.8. The van der Waals surface area contributed by atoms with Crippen LogP contribution in [0.25, 0.3) is 11.3 Å². The van der Waals surface area contributed by atoms with Gasteiger partial charge in [0.15, 0.2) is 5.75 Å². The van der Waals surface area contributed by atoms with Gasteiger partial charge in [0.25, 0.3) is 5.91 Å². The topological polar surface area (TPSA) is 68.5 Å². The van der Waals surface area contributed by atoms with Crippen LogP contribution in [0.3, 0.4) is 0 Å². The summed E-state index contributed by atoms with van der Waals surface area (Å²) in [7, 11) is 1.57. The van der Waals surface area contributed by atoms with Crippen LogP contribution in [0.1, 0.15) is 24.2 Å². The SMILES string of the molecule is COc1c(N)ccnc1-c1ccc(C(=O)N2CC=C[C@H]2C(C)C)cc1. The fourth-order valence-electron chi connectivity index (χ4n) is 3.16. The monoisotopic (exact) mass is 337 g/mol. The van der Waals surface area contributed by atoms with E-state index in [1.807, 2.05) is 29.2 Å². The van der Waals surface area contributed by atoms with E-state index in [0.29, 0.717) is 35.2 Å². The molecule has 0 bridgehead atoms. The zero-order valence-electron chi connectivity index (χ0n) is 14.8. The van der Waals surface area contributed by atoms with Crippen LogP contribution < -0.4 is 10.5 Å². The van der Waals surface area contributed by atoms with E-state index in [2.05, 4.69) is 31.0 Å². The first-order valence-electron chi connectivity index (χ1n) is 8.39. The Balaban J connectivity index is 1.86. The summed E-state index contributed by atoms with van der Waals surface area (Å²) in [6, 6.07) is 9.28. The highest BCUT2D eigenvalue weighted by Crippen LogP contribution is 2.32. The predicted octanol–water partition coefficient (Wildman–Crippen LogP) is 3.38. The number of nitrogens with two attached hydrogens (primary N) is 1. The van der Waals surface area contributed by atoms with Crippen molar-refractivity contribution in [2.24, 2.45) is 5.92 Å². The van der Waals surface area contributed by atoms with Gasteiger partial charge in [0, 0.05) is 23.9 Å². The molecule has 1 aromatic carbocycles. The van der Waals surface area contributed by atoms with Crippen molar-refractivity contribution in [2.75, 3.05) is 19.4 Å². The highest BCUT2D eigenvalue weighted by molar-refractivity contribution is 5.95. The maximum atomic E-state index is 12.8. The van der Waals surface area contributed by atoms with Crippen LogP contribution >= 0.6 is 0 Å². The first-order chi connectivity index (χ1) is 12.0. The lowest BCUT2D eigenvalue weighted by molar-refractivity contribution is 0.0720. The molecule has 0 fully saturated rings. The fourth-order valence-corrected chi connectivity index (χ4v) is 3.16. The Kier molecular flexibility index (Phi) is 4.74. The molecule has 0 aliphatic carbocycles. The summed E-state index contributed by atoms with van der Waals surface area (Å²) in [6.45, 7) is 4.91. The summed E-state index contributed by atoms with van der Waals surface area (Å²) in [6.07, 6.45) is 5.81. The van der Waals surface area contributed by atoms with Gasteiger partial charge in [-0.25, -0.2) is 0 Å². The molecule has 1 aliphatic rings. The van der Waals surface area contributed by atoms with Gasteiger partial charge in [-0.1, -0.05) is 38.1 Å². The van der Waals surface area contributed by atoms with Crippen LogP contribution in [0, 0.1) is 5.92 Å². The van der Waals surface area contributed by atoms with E-state index in [9.17, 15) is 4.79 Å². The number of methoxy groups -OCH3 is 1. The summed E-state index contributed by atoms with van der Waals surface area (Å²) in [4.78, 5) is 19.1. The average Bonchev–Trinajstić information content (AvgIpc) is 3.11. The summed E-state index contributed by atoms with van der Waals surface area (Å²) in [5, 5.41) is 0. The average molecular weight is 337 g/mol. The second kappa shape index (κ2) is 6.97. The molecule has 2 heterocycles. The molecule has 2 aromatic rings. The van der Waals surface area contributed by atoms with E-state index >= 15 is 0 Å². The Hall–Kier alpha value is -2.82. The van der Waals surface area contributed by atoms with E-state index in [-0.39, 0.29) is 11.9 Å². The Labute approximate surface area is 148 Å². The molecule has 0 saturated carbocycles. The van der Waals surface area contributed by atoms with Crippen molar-refractivity contribution in [1.82, 2.24) is 9.88 Å². The van der Waals surface area contributed by atoms with Crippen molar-refractivity contribution in [1.29, 1.82) is 0 Å². The predicted molar refractivity (Wildman–Crippen MR) is 99.4 cm³/mol. The van der Waals surface area contributed by atoms with Gasteiger partial charge >= 0.3 is 0 Å². The molecule has 1 aliphatic heterocycles. The zero-order valence-corrected chi connectivity index (χ0v) is 14.8. The van der Waals surface area contributed by atoms with Gasteiger partial charge in [0.1, 0.15) is 5.69 Å². The highest BCUT2D eigenvalue weighted by Gasteiger charge is 2.27. The minimum absolute atomic E-state index is 0.0442. The molecule has 1 atom stereocenters. The van der Waals surface area contributed by atoms with Gasteiger partial charge in [-0.05, 0) is 24.1 Å². The van der Waals surface area contributed by atoms with Crippen molar-refractivity contribution in [2.45, 2.75) is 19.9 Å². The maximum Gasteiger partial charge on any atom is 0.254 e. The van der Waals surface area contributed by atoms with Crippen LogP contribution in [-0.2, 0) is 0 Å². The van der Waals surface area contributed by atoms with Crippen molar-refractivity contribution in [3.63, 3.8) is 0 Å². The van der Waals surface area contributed by atoms with E-state index in [1.54, 1.807) is 19.4 Å². The molecule has 25 heavy (non-hydrogen) atoms. The third kappa shape index (κ3) is 3.22. The molecule has 0 unspecified atom stereocenters. The van der Waals surface area contributed by atoms with E-state index in [1.165, 1.54) is 0 Å². The number of pyridine rings is 1. The molecule has 3 rings (SSSR count). The van der Waals surface area contributed by atoms with Crippen LogP contribution in [-0.4, -0.2) is 35.5 Å². The second-order valence-corrected chi connectivity index (χ2v) is 6.48. The van der Waals surface area contributed by atoms with Crippen molar-refractivity contribution >= 4 is 11.6 Å². The van der Waals surface area contributed by atoms with Gasteiger partial charge in [0.2, 0.25) is 0 Å². The number of ether oxygens (including phenoxy) is 1. The van der Waals surface area contributed by atoms with E-state index in [0.717, 1.165) is 5.56 Å². The number of hydrogen-bond acceptors (Lipinski definition) is 4. The Morgan fingerprint density at radius 3 is 2.64 bits per heavy atom. The number of carbonyl (C=O) groups excluding carboxylic acids is 1. The smallest absolute Gasteiger partial charge is 0.254 e. The largest absolute Gasteiger partial charge is 0.492 e. The number of hydrogen-bond donors (Lipinski definition) is 1. The highest BCUT2D eigenvalue weighted by atomic mass is 16.5. The number of carbonyl (C=O) groups is 1. The second-order valence-electron chi connectivity index (χ2n) is 6.48. The van der Waals surface area contributed by atoms with Crippen LogP contribution in [0.2, 0.25) is 0 Å². The lowest BCUT2D eigenvalue weighted by atomic mass is 10.0. The Morgan fingerprint density at radius 1 is 1.28 bits per heavy atom. The lowest BCUT2D eigenvalue weighted by Crippen LogP contribution is -2.38. The van der Waals surface area contributed by atoms with Crippen LogP contribution in [0.5, 0.6) is 5.75 Å². The van der Waals surface area contributed by atoms with Crippen molar-refractivity contribution in [3.05, 3.63) is 54.2 Å².